The Bertz CT molecular complexity index is 514. The van der Waals surface area contributed by atoms with E-state index in [2.05, 4.69) is 10.1 Å². The maximum atomic E-state index is 12.3. The van der Waals surface area contributed by atoms with Crippen LogP contribution < -0.4 is 14.8 Å². The molecular formula is C14H17NO5. The van der Waals surface area contributed by atoms with Crippen LogP contribution in [0, 0.1) is 0 Å². The smallest absolute Gasteiger partial charge is 0.307 e. The van der Waals surface area contributed by atoms with Crippen LogP contribution in [-0.4, -0.2) is 45.2 Å². The van der Waals surface area contributed by atoms with Crippen molar-refractivity contribution in [3.05, 3.63) is 23.8 Å². The van der Waals surface area contributed by atoms with E-state index in [1.54, 1.807) is 25.2 Å². The molecule has 0 spiro atoms. The number of carbonyl (C=O) groups is 2. The third-order valence-corrected chi connectivity index (χ3v) is 3.09. The number of likely N-dealkylation sites (N-methyl/N-ethyl adjacent to an activating group) is 1. The normalized spacial score (nSPS) is 14.5. The summed E-state index contributed by atoms with van der Waals surface area (Å²) in [6.45, 7) is 0.962. The molecule has 20 heavy (non-hydrogen) atoms. The van der Waals surface area contributed by atoms with Gasteiger partial charge in [0.1, 0.15) is 13.2 Å². The minimum absolute atomic E-state index is 0.0136. The van der Waals surface area contributed by atoms with Gasteiger partial charge in [-0.05, 0) is 25.2 Å². The van der Waals surface area contributed by atoms with Crippen molar-refractivity contribution in [2.75, 3.05) is 27.4 Å². The number of ether oxygens (including phenoxy) is 3. The molecule has 0 fully saturated rings. The molecule has 0 aromatic heterocycles. The first-order chi connectivity index (χ1) is 9.65. The zero-order chi connectivity index (χ0) is 14.5. The average molecular weight is 279 g/mol. The molecule has 1 aromatic rings. The van der Waals surface area contributed by atoms with Gasteiger partial charge in [0.25, 0.3) is 0 Å². The summed E-state index contributed by atoms with van der Waals surface area (Å²) in [5, 5.41) is 2.82. The Morgan fingerprint density at radius 1 is 1.30 bits per heavy atom. The number of fused-ring (bicyclic) bond motifs is 1. The molecule has 1 N–H and O–H groups in total. The van der Waals surface area contributed by atoms with E-state index < -0.39 is 12.0 Å². The Morgan fingerprint density at radius 3 is 2.65 bits per heavy atom. The zero-order valence-electron chi connectivity index (χ0n) is 11.5. The molecule has 0 saturated heterocycles. The Labute approximate surface area is 117 Å². The van der Waals surface area contributed by atoms with E-state index >= 15 is 0 Å². The molecule has 0 bridgehead atoms. The third-order valence-electron chi connectivity index (χ3n) is 3.09. The molecule has 2 rings (SSSR count). The molecule has 108 valence electrons. The number of methoxy groups -OCH3 is 1. The molecule has 1 aliphatic rings. The van der Waals surface area contributed by atoms with E-state index in [4.69, 9.17) is 9.47 Å². The summed E-state index contributed by atoms with van der Waals surface area (Å²) in [5.41, 5.74) is 0.470. The molecule has 1 aromatic carbocycles. The van der Waals surface area contributed by atoms with Crippen molar-refractivity contribution in [1.29, 1.82) is 0 Å². The highest BCUT2D eigenvalue weighted by Gasteiger charge is 2.23. The summed E-state index contributed by atoms with van der Waals surface area (Å²) < 4.78 is 15.4. The first kappa shape index (κ1) is 14.3. The lowest BCUT2D eigenvalue weighted by molar-refractivity contribution is -0.140. The Hall–Kier alpha value is -2.08. The molecule has 0 saturated carbocycles. The van der Waals surface area contributed by atoms with Crippen molar-refractivity contribution in [2.45, 2.75) is 12.5 Å². The van der Waals surface area contributed by atoms with Gasteiger partial charge in [-0.15, -0.1) is 0 Å². The molecule has 1 aliphatic heterocycles. The summed E-state index contributed by atoms with van der Waals surface area (Å²) in [4.78, 5) is 23.6. The average Bonchev–Trinajstić information content (AvgIpc) is 2.51. The summed E-state index contributed by atoms with van der Waals surface area (Å²) in [6.07, 6.45) is -0.0136. The van der Waals surface area contributed by atoms with Crippen LogP contribution in [0.1, 0.15) is 16.8 Å². The van der Waals surface area contributed by atoms with Crippen LogP contribution in [0.2, 0.25) is 0 Å². The van der Waals surface area contributed by atoms with Gasteiger partial charge >= 0.3 is 5.97 Å². The molecule has 0 radical (unpaired) electrons. The van der Waals surface area contributed by atoms with Gasteiger partial charge in [0, 0.05) is 5.56 Å². The maximum absolute atomic E-state index is 12.3. The fourth-order valence-electron chi connectivity index (χ4n) is 1.97. The number of benzene rings is 1. The SMILES string of the molecule is CNC(CC(=O)OC)C(=O)c1ccc2c(c1)OCCO2. The van der Waals surface area contributed by atoms with Crippen LogP contribution in [0.15, 0.2) is 18.2 Å². The fourth-order valence-corrected chi connectivity index (χ4v) is 1.97. The van der Waals surface area contributed by atoms with Crippen LogP contribution in [0.25, 0.3) is 0 Å². The second-order valence-corrected chi connectivity index (χ2v) is 4.34. The maximum Gasteiger partial charge on any atom is 0.307 e. The number of rotatable bonds is 5. The van der Waals surface area contributed by atoms with Gasteiger partial charge in [-0.2, -0.15) is 0 Å². The lowest BCUT2D eigenvalue weighted by Crippen LogP contribution is -2.36. The molecule has 1 unspecified atom stereocenters. The second-order valence-electron chi connectivity index (χ2n) is 4.34. The first-order valence-corrected chi connectivity index (χ1v) is 6.33. The number of Topliss-reactive ketones (excluding diaryl/α,β-unsaturated/α-hetero) is 1. The molecular weight excluding hydrogens is 262 g/mol. The van der Waals surface area contributed by atoms with Crippen molar-refractivity contribution < 1.29 is 23.8 Å². The largest absolute Gasteiger partial charge is 0.486 e. The minimum Gasteiger partial charge on any atom is -0.486 e. The molecule has 6 nitrogen and oxygen atoms in total. The molecule has 1 atom stereocenters. The monoisotopic (exact) mass is 279 g/mol. The van der Waals surface area contributed by atoms with Crippen molar-refractivity contribution in [3.63, 3.8) is 0 Å². The van der Waals surface area contributed by atoms with Gasteiger partial charge in [-0.1, -0.05) is 0 Å². The van der Waals surface area contributed by atoms with Gasteiger partial charge in [-0.25, -0.2) is 0 Å². The number of esters is 1. The minimum atomic E-state index is -0.620. The first-order valence-electron chi connectivity index (χ1n) is 6.33. The molecule has 6 heteroatoms. The van der Waals surface area contributed by atoms with Crippen molar-refractivity contribution in [3.8, 4) is 11.5 Å². The quantitative estimate of drug-likeness (QED) is 0.634. The number of hydrogen-bond acceptors (Lipinski definition) is 6. The third kappa shape index (κ3) is 3.08. The number of ketones is 1. The van der Waals surface area contributed by atoms with Crippen LogP contribution in [0.3, 0.4) is 0 Å². The number of carbonyl (C=O) groups excluding carboxylic acids is 2. The summed E-state index contributed by atoms with van der Waals surface area (Å²) in [7, 11) is 2.92. The van der Waals surface area contributed by atoms with Crippen LogP contribution in [0.5, 0.6) is 11.5 Å². The topological polar surface area (TPSA) is 73.9 Å². The van der Waals surface area contributed by atoms with E-state index in [-0.39, 0.29) is 12.2 Å². The molecule has 1 heterocycles. The van der Waals surface area contributed by atoms with Gasteiger partial charge in [0.2, 0.25) is 0 Å². The van der Waals surface area contributed by atoms with Gasteiger partial charge in [0.05, 0.1) is 19.6 Å². The Morgan fingerprint density at radius 2 is 2.00 bits per heavy atom. The van der Waals surface area contributed by atoms with E-state index in [1.807, 2.05) is 0 Å². The second kappa shape index (κ2) is 6.38. The summed E-state index contributed by atoms with van der Waals surface area (Å²) >= 11 is 0. The fraction of sp³-hybridized carbons (Fsp3) is 0.429. The highest BCUT2D eigenvalue weighted by atomic mass is 16.6. The summed E-state index contributed by atoms with van der Waals surface area (Å²) in [6, 6.07) is 4.38. The predicted molar refractivity (Wildman–Crippen MR) is 71.2 cm³/mol. The lowest BCUT2D eigenvalue weighted by atomic mass is 10.0. The lowest BCUT2D eigenvalue weighted by Gasteiger charge is -2.19. The van der Waals surface area contributed by atoms with E-state index in [9.17, 15) is 9.59 Å². The van der Waals surface area contributed by atoms with Crippen molar-refractivity contribution in [1.82, 2.24) is 5.32 Å². The zero-order valence-corrected chi connectivity index (χ0v) is 11.5. The number of hydrogen-bond donors (Lipinski definition) is 1. The van der Waals surface area contributed by atoms with Crippen molar-refractivity contribution >= 4 is 11.8 Å². The number of nitrogens with one attached hydrogen (secondary N) is 1. The van der Waals surface area contributed by atoms with Crippen molar-refractivity contribution in [2.24, 2.45) is 0 Å². The van der Waals surface area contributed by atoms with Crippen LogP contribution >= 0.6 is 0 Å². The predicted octanol–water partition coefficient (Wildman–Crippen LogP) is 0.792. The Kier molecular flexibility index (Phi) is 4.57. The summed E-state index contributed by atoms with van der Waals surface area (Å²) in [5.74, 6) is 0.557. The molecule has 0 amide bonds. The van der Waals surface area contributed by atoms with Gasteiger partial charge < -0.3 is 19.5 Å². The van der Waals surface area contributed by atoms with Gasteiger partial charge in [-0.3, -0.25) is 9.59 Å². The highest BCUT2D eigenvalue weighted by molar-refractivity contribution is 6.02. The van der Waals surface area contributed by atoms with Crippen LogP contribution in [-0.2, 0) is 9.53 Å². The van der Waals surface area contributed by atoms with Gasteiger partial charge in [0.15, 0.2) is 17.3 Å². The van der Waals surface area contributed by atoms with E-state index in [1.165, 1.54) is 7.11 Å². The standard InChI is InChI=1S/C14H17NO5/c1-15-10(8-13(16)18-2)14(17)9-3-4-11-12(7-9)20-6-5-19-11/h3-4,7,10,15H,5-6,8H2,1-2H3. The van der Waals surface area contributed by atoms with E-state index in [0.717, 1.165) is 0 Å². The van der Waals surface area contributed by atoms with Crippen LogP contribution in [0.4, 0.5) is 0 Å². The molecule has 0 aliphatic carbocycles. The van der Waals surface area contributed by atoms with E-state index in [0.29, 0.717) is 30.3 Å². The Balaban J connectivity index is 2.16. The highest BCUT2D eigenvalue weighted by Crippen LogP contribution is 2.31.